The Labute approximate surface area is 205 Å². The molecule has 0 aliphatic heterocycles. The molecule has 0 heterocycles. The molecule has 5 nitrogen and oxygen atoms in total. The van der Waals surface area contributed by atoms with Gasteiger partial charge in [0.2, 0.25) is 0 Å². The zero-order valence-corrected chi connectivity index (χ0v) is 22.5. The SMILES string of the molecule is COC(=O)/C(C)=C/N(/N=N/c1c(C(C)C)cccc1C(C)C)c1c(C(C)C)cccc1C(C)C. The smallest absolute Gasteiger partial charge is 0.334 e. The Bertz CT molecular complexity index is 997. The Morgan fingerprint density at radius 1 is 0.794 bits per heavy atom. The van der Waals surface area contributed by atoms with Gasteiger partial charge in [0.15, 0.2) is 0 Å². The minimum Gasteiger partial charge on any atom is -0.466 e. The molecule has 0 bridgehead atoms. The zero-order chi connectivity index (χ0) is 25.6. The molecule has 0 amide bonds. The van der Waals surface area contributed by atoms with E-state index in [1.165, 1.54) is 7.11 Å². The van der Waals surface area contributed by atoms with Crippen LogP contribution in [-0.4, -0.2) is 13.1 Å². The zero-order valence-electron chi connectivity index (χ0n) is 22.5. The fourth-order valence-electron chi connectivity index (χ4n) is 4.03. The second-order valence-corrected chi connectivity index (χ2v) is 10.0. The van der Waals surface area contributed by atoms with Crippen molar-refractivity contribution in [1.82, 2.24) is 0 Å². The molecular weight excluding hydrogens is 422 g/mol. The summed E-state index contributed by atoms with van der Waals surface area (Å²) in [5.41, 5.74) is 6.94. The summed E-state index contributed by atoms with van der Waals surface area (Å²) in [6.45, 7) is 19.1. The van der Waals surface area contributed by atoms with E-state index >= 15 is 0 Å². The Hall–Kier alpha value is -2.95. The predicted molar refractivity (Wildman–Crippen MR) is 142 cm³/mol. The molecule has 2 rings (SSSR count). The number of benzene rings is 2. The van der Waals surface area contributed by atoms with E-state index < -0.39 is 5.97 Å². The van der Waals surface area contributed by atoms with E-state index in [-0.39, 0.29) is 11.8 Å². The van der Waals surface area contributed by atoms with Gasteiger partial charge in [0.05, 0.1) is 24.1 Å². The normalized spacial score (nSPS) is 12.5. The quantitative estimate of drug-likeness (QED) is 0.162. The molecular formula is C29H41N3O2. The molecule has 184 valence electrons. The van der Waals surface area contributed by atoms with Crippen molar-refractivity contribution >= 4 is 17.3 Å². The average molecular weight is 464 g/mol. The van der Waals surface area contributed by atoms with Gasteiger partial charge in [0.25, 0.3) is 0 Å². The summed E-state index contributed by atoms with van der Waals surface area (Å²) in [5.74, 6) is 0.767. The molecule has 0 saturated heterocycles. The Morgan fingerprint density at radius 3 is 1.59 bits per heavy atom. The second-order valence-electron chi connectivity index (χ2n) is 10.0. The largest absolute Gasteiger partial charge is 0.466 e. The van der Waals surface area contributed by atoms with Crippen LogP contribution in [0.5, 0.6) is 0 Å². The summed E-state index contributed by atoms with van der Waals surface area (Å²) < 4.78 is 4.96. The highest BCUT2D eigenvalue weighted by Gasteiger charge is 2.21. The number of hydrogen-bond donors (Lipinski definition) is 0. The Morgan fingerprint density at radius 2 is 1.21 bits per heavy atom. The molecule has 5 heteroatoms. The molecule has 0 spiro atoms. The van der Waals surface area contributed by atoms with E-state index in [4.69, 9.17) is 15.1 Å². The average Bonchev–Trinajstić information content (AvgIpc) is 2.79. The van der Waals surface area contributed by atoms with Crippen LogP contribution >= 0.6 is 0 Å². The van der Waals surface area contributed by atoms with Gasteiger partial charge in [-0.15, -0.1) is 5.11 Å². The lowest BCUT2D eigenvalue weighted by molar-refractivity contribution is -0.136. The van der Waals surface area contributed by atoms with Crippen LogP contribution in [0, 0.1) is 0 Å². The molecule has 0 radical (unpaired) electrons. The van der Waals surface area contributed by atoms with E-state index in [1.807, 2.05) is 0 Å². The van der Waals surface area contributed by atoms with Gasteiger partial charge in [-0.3, -0.25) is 0 Å². The number of carbonyl (C=O) groups is 1. The van der Waals surface area contributed by atoms with Crippen molar-refractivity contribution < 1.29 is 9.53 Å². The molecule has 0 aliphatic rings. The third-order valence-corrected chi connectivity index (χ3v) is 5.98. The summed E-state index contributed by atoms with van der Waals surface area (Å²) >= 11 is 0. The summed E-state index contributed by atoms with van der Waals surface area (Å²) in [5, 5.41) is 11.3. The van der Waals surface area contributed by atoms with Crippen molar-refractivity contribution in [3.05, 3.63) is 70.4 Å². The lowest BCUT2D eigenvalue weighted by Gasteiger charge is -2.25. The first-order valence-corrected chi connectivity index (χ1v) is 12.2. The van der Waals surface area contributed by atoms with Crippen molar-refractivity contribution in [1.29, 1.82) is 0 Å². The number of rotatable bonds is 9. The minimum atomic E-state index is -0.390. The van der Waals surface area contributed by atoms with Crippen LogP contribution in [0.15, 0.2) is 58.5 Å². The van der Waals surface area contributed by atoms with Gasteiger partial charge in [-0.2, -0.15) is 0 Å². The first-order chi connectivity index (χ1) is 16.0. The van der Waals surface area contributed by atoms with Gasteiger partial charge < -0.3 is 4.74 Å². The maximum absolute atomic E-state index is 12.3. The maximum Gasteiger partial charge on any atom is 0.334 e. The maximum atomic E-state index is 12.3. The number of hydrogen-bond acceptors (Lipinski definition) is 4. The van der Waals surface area contributed by atoms with Crippen LogP contribution < -0.4 is 5.01 Å². The molecule has 2 aromatic rings. The van der Waals surface area contributed by atoms with Crippen LogP contribution in [-0.2, 0) is 9.53 Å². The molecule has 0 atom stereocenters. The molecule has 0 saturated carbocycles. The lowest BCUT2D eigenvalue weighted by atomic mass is 9.92. The van der Waals surface area contributed by atoms with Gasteiger partial charge in [0.1, 0.15) is 0 Å². The summed E-state index contributed by atoms with van der Waals surface area (Å²) in [6.07, 6.45) is 1.73. The van der Waals surface area contributed by atoms with Gasteiger partial charge in [-0.05, 0) is 52.8 Å². The topological polar surface area (TPSA) is 54.3 Å². The monoisotopic (exact) mass is 463 g/mol. The number of carbonyl (C=O) groups excluding carboxylic acids is 1. The molecule has 0 N–H and O–H groups in total. The first kappa shape index (κ1) is 27.3. The van der Waals surface area contributed by atoms with Crippen LogP contribution in [0.25, 0.3) is 0 Å². The lowest BCUT2D eigenvalue weighted by Crippen LogP contribution is -2.16. The second kappa shape index (κ2) is 12.0. The Balaban J connectivity index is 2.82. The molecule has 2 aromatic carbocycles. The number of nitrogens with zero attached hydrogens (tertiary/aromatic N) is 3. The van der Waals surface area contributed by atoms with Crippen LogP contribution in [0.3, 0.4) is 0 Å². The minimum absolute atomic E-state index is 0.271. The standard InChI is InChI=1S/C29H41N3O2/c1-18(2)23-13-11-14-24(19(3)4)27(23)30-31-32(17-22(9)29(33)34-10)28-25(20(5)6)15-12-16-26(28)21(7)8/h11-21H,1-10H3/b22-17+,31-30+. The van der Waals surface area contributed by atoms with E-state index in [9.17, 15) is 4.79 Å². The highest BCUT2D eigenvalue weighted by Crippen LogP contribution is 2.38. The van der Waals surface area contributed by atoms with E-state index in [1.54, 1.807) is 18.1 Å². The number of methoxy groups -OCH3 is 1. The van der Waals surface area contributed by atoms with E-state index in [0.29, 0.717) is 17.4 Å². The van der Waals surface area contributed by atoms with Crippen molar-refractivity contribution in [2.45, 2.75) is 86.0 Å². The summed E-state index contributed by atoms with van der Waals surface area (Å²) in [6, 6.07) is 12.7. The van der Waals surface area contributed by atoms with Crippen molar-refractivity contribution in [3.8, 4) is 0 Å². The number of anilines is 1. The van der Waals surface area contributed by atoms with E-state index in [2.05, 4.69) is 91.8 Å². The van der Waals surface area contributed by atoms with Crippen LogP contribution in [0.2, 0.25) is 0 Å². The third kappa shape index (κ3) is 6.34. The van der Waals surface area contributed by atoms with Crippen LogP contribution in [0.4, 0.5) is 11.4 Å². The summed E-state index contributed by atoms with van der Waals surface area (Å²) in [4.78, 5) is 12.3. The molecule has 34 heavy (non-hydrogen) atoms. The Kier molecular flexibility index (Phi) is 9.60. The van der Waals surface area contributed by atoms with Gasteiger partial charge in [-0.1, -0.05) is 97.0 Å². The van der Waals surface area contributed by atoms with Crippen LogP contribution in [0.1, 0.15) is 108 Å². The van der Waals surface area contributed by atoms with Gasteiger partial charge in [-0.25, -0.2) is 9.80 Å². The van der Waals surface area contributed by atoms with Crippen molar-refractivity contribution in [2.24, 2.45) is 10.3 Å². The molecule has 0 fully saturated rings. The molecule has 0 aliphatic carbocycles. The summed E-state index contributed by atoms with van der Waals surface area (Å²) in [7, 11) is 1.39. The van der Waals surface area contributed by atoms with Gasteiger partial charge in [0, 0.05) is 6.20 Å². The highest BCUT2D eigenvalue weighted by molar-refractivity contribution is 5.88. The van der Waals surface area contributed by atoms with E-state index in [0.717, 1.165) is 33.6 Å². The van der Waals surface area contributed by atoms with Crippen molar-refractivity contribution in [3.63, 3.8) is 0 Å². The number of esters is 1. The number of para-hydroxylation sites is 1. The third-order valence-electron chi connectivity index (χ3n) is 5.98. The molecule has 0 aromatic heterocycles. The van der Waals surface area contributed by atoms with Crippen molar-refractivity contribution in [2.75, 3.05) is 12.1 Å². The van der Waals surface area contributed by atoms with Gasteiger partial charge >= 0.3 is 5.97 Å². The molecule has 0 unspecified atom stereocenters. The first-order valence-electron chi connectivity index (χ1n) is 12.2. The predicted octanol–water partition coefficient (Wildman–Crippen LogP) is 8.76. The fourth-order valence-corrected chi connectivity index (χ4v) is 4.03. The fraction of sp³-hybridized carbons (Fsp3) is 0.483. The highest BCUT2D eigenvalue weighted by atomic mass is 16.5. The number of ether oxygens (including phenoxy) is 1.